The maximum Gasteiger partial charge on any atom is 0.419 e. The first-order chi connectivity index (χ1) is 18.5. The van der Waals surface area contributed by atoms with Crippen LogP contribution in [0, 0.1) is 0 Å². The Hall–Kier alpha value is -3.91. The smallest absolute Gasteiger partial charge is 0.391 e. The molecular formula is C31H31F3N2O3. The Bertz CT molecular complexity index is 1520. The number of rotatable bonds is 9. The summed E-state index contributed by atoms with van der Waals surface area (Å²) in [5.74, 6) is -0.650. The van der Waals surface area contributed by atoms with Crippen molar-refractivity contribution in [2.45, 2.75) is 57.5 Å². The van der Waals surface area contributed by atoms with E-state index < -0.39 is 30.2 Å². The molecule has 204 valence electrons. The van der Waals surface area contributed by atoms with Crippen LogP contribution in [0.5, 0.6) is 0 Å². The summed E-state index contributed by atoms with van der Waals surface area (Å²) in [4.78, 5) is 17.7. The number of fused-ring (bicyclic) bond motifs is 1. The zero-order valence-electron chi connectivity index (χ0n) is 22.0. The predicted molar refractivity (Wildman–Crippen MR) is 147 cm³/mol. The van der Waals surface area contributed by atoms with Gasteiger partial charge >= 0.3 is 6.18 Å². The van der Waals surface area contributed by atoms with Crippen molar-refractivity contribution >= 4 is 16.6 Å². The number of hydrogen-bond donors (Lipinski definition) is 1. The number of pyridine rings is 1. The highest BCUT2D eigenvalue weighted by Crippen LogP contribution is 2.45. The second-order valence-corrected chi connectivity index (χ2v) is 9.87. The summed E-state index contributed by atoms with van der Waals surface area (Å²) in [5, 5.41) is 15.7. The van der Waals surface area contributed by atoms with E-state index >= 15 is 0 Å². The number of aliphatic hydroxyl groups is 1. The highest BCUT2D eigenvalue weighted by Gasteiger charge is 2.58. The van der Waals surface area contributed by atoms with Crippen molar-refractivity contribution in [3.8, 4) is 0 Å². The highest BCUT2D eigenvalue weighted by molar-refractivity contribution is 5.98. The minimum absolute atomic E-state index is 0.292. The zero-order chi connectivity index (χ0) is 28.2. The van der Waals surface area contributed by atoms with Gasteiger partial charge in [-0.3, -0.25) is 4.79 Å². The third-order valence-corrected chi connectivity index (χ3v) is 7.20. The molecule has 0 spiro atoms. The summed E-state index contributed by atoms with van der Waals surface area (Å²) in [5.41, 5.74) is -0.141. The van der Waals surface area contributed by atoms with E-state index in [0.29, 0.717) is 34.3 Å². The van der Waals surface area contributed by atoms with E-state index in [-0.39, 0.29) is 5.43 Å². The van der Waals surface area contributed by atoms with Gasteiger partial charge in [0.25, 0.3) is 0 Å². The van der Waals surface area contributed by atoms with Gasteiger partial charge in [0, 0.05) is 17.6 Å². The number of hydrogen-bond acceptors (Lipinski definition) is 4. The van der Waals surface area contributed by atoms with Crippen molar-refractivity contribution < 1.29 is 23.1 Å². The highest BCUT2D eigenvalue weighted by atomic mass is 19.4. The van der Waals surface area contributed by atoms with Gasteiger partial charge in [-0.1, -0.05) is 72.7 Å². The van der Waals surface area contributed by atoms with E-state index in [0.717, 1.165) is 5.56 Å². The van der Waals surface area contributed by atoms with Crippen molar-refractivity contribution in [1.29, 1.82) is 0 Å². The summed E-state index contributed by atoms with van der Waals surface area (Å²) < 4.78 is 44.9. The van der Waals surface area contributed by atoms with E-state index in [4.69, 9.17) is 4.84 Å². The van der Waals surface area contributed by atoms with Gasteiger partial charge in [-0.2, -0.15) is 13.2 Å². The van der Waals surface area contributed by atoms with Crippen LogP contribution in [0.15, 0.2) is 101 Å². The average molecular weight is 537 g/mol. The molecule has 0 bridgehead atoms. The Morgan fingerprint density at radius 1 is 0.974 bits per heavy atom. The van der Waals surface area contributed by atoms with Gasteiger partial charge in [-0.15, -0.1) is 0 Å². The summed E-state index contributed by atoms with van der Waals surface area (Å²) in [6.07, 6.45) is -4.19. The summed E-state index contributed by atoms with van der Waals surface area (Å²) in [6.45, 7) is 5.05. The molecule has 1 aromatic heterocycles. The van der Waals surface area contributed by atoms with Crippen LogP contribution >= 0.6 is 0 Å². The van der Waals surface area contributed by atoms with Gasteiger partial charge in [-0.05, 0) is 61.1 Å². The van der Waals surface area contributed by atoms with Gasteiger partial charge in [0.2, 0.25) is 0 Å². The fourth-order valence-electron chi connectivity index (χ4n) is 4.80. The molecule has 39 heavy (non-hydrogen) atoms. The minimum Gasteiger partial charge on any atom is -0.391 e. The molecule has 0 aliphatic rings. The number of alkyl halides is 3. The van der Waals surface area contributed by atoms with Gasteiger partial charge in [0.1, 0.15) is 6.61 Å². The van der Waals surface area contributed by atoms with Gasteiger partial charge in [0.15, 0.2) is 11.0 Å². The summed E-state index contributed by atoms with van der Waals surface area (Å²) >= 11 is 0. The molecule has 3 aromatic carbocycles. The molecule has 0 amide bonds. The molecular weight excluding hydrogens is 505 g/mol. The van der Waals surface area contributed by atoms with E-state index in [9.17, 15) is 23.1 Å². The Labute approximate surface area is 225 Å². The van der Waals surface area contributed by atoms with Crippen LogP contribution in [0.4, 0.5) is 13.2 Å². The molecule has 0 aliphatic heterocycles. The number of oxime groups is 1. The zero-order valence-corrected chi connectivity index (χ0v) is 22.0. The molecule has 1 N–H and O–H groups in total. The molecule has 0 saturated heterocycles. The standard InChI is InChI=1S/C31H31F3N2O3/c1-21(25-12-9-13-26(18-25)22(2)35-39-20-24-10-5-4-6-11-24)19-30(38,31(32,33)34)23(3)36-17-16-29(37)27-14-7-8-15-28(27)36/h4-18,21,23,38H,19-20H2,1-3H3. The van der Waals surface area contributed by atoms with Crippen molar-refractivity contribution in [3.05, 3.63) is 118 Å². The molecule has 4 rings (SSSR count). The second kappa shape index (κ2) is 11.5. The lowest BCUT2D eigenvalue weighted by Crippen LogP contribution is -2.52. The lowest BCUT2D eigenvalue weighted by Gasteiger charge is -2.39. The molecule has 3 atom stereocenters. The number of nitrogens with zero attached hydrogens (tertiary/aromatic N) is 2. The predicted octanol–water partition coefficient (Wildman–Crippen LogP) is 6.99. The Morgan fingerprint density at radius 3 is 2.38 bits per heavy atom. The normalized spacial score (nSPS) is 15.5. The summed E-state index contributed by atoms with van der Waals surface area (Å²) in [7, 11) is 0. The first kappa shape index (κ1) is 28.1. The van der Waals surface area contributed by atoms with E-state index in [1.807, 2.05) is 36.4 Å². The third-order valence-electron chi connectivity index (χ3n) is 7.20. The fourth-order valence-corrected chi connectivity index (χ4v) is 4.80. The maximum atomic E-state index is 14.5. The Morgan fingerprint density at radius 2 is 1.67 bits per heavy atom. The second-order valence-electron chi connectivity index (χ2n) is 9.87. The fraction of sp³-hybridized carbons (Fsp3) is 0.290. The van der Waals surface area contributed by atoms with Crippen molar-refractivity contribution in [1.82, 2.24) is 4.57 Å². The molecule has 4 aromatic rings. The molecule has 0 fully saturated rings. The van der Waals surface area contributed by atoms with Crippen molar-refractivity contribution in [2.75, 3.05) is 0 Å². The Balaban J connectivity index is 1.59. The van der Waals surface area contributed by atoms with Crippen LogP contribution in [0.2, 0.25) is 0 Å². The first-order valence-corrected chi connectivity index (χ1v) is 12.7. The number of halogens is 3. The first-order valence-electron chi connectivity index (χ1n) is 12.7. The average Bonchev–Trinajstić information content (AvgIpc) is 2.93. The largest absolute Gasteiger partial charge is 0.419 e. The van der Waals surface area contributed by atoms with Gasteiger partial charge in [0.05, 0.1) is 17.3 Å². The van der Waals surface area contributed by atoms with Gasteiger partial charge in [-0.25, -0.2) is 0 Å². The molecule has 0 radical (unpaired) electrons. The number of aromatic nitrogens is 1. The van der Waals surface area contributed by atoms with E-state index in [1.54, 1.807) is 56.3 Å². The van der Waals surface area contributed by atoms with E-state index in [1.165, 1.54) is 23.8 Å². The molecule has 0 saturated carbocycles. The van der Waals surface area contributed by atoms with Crippen LogP contribution in [0.25, 0.3) is 10.9 Å². The van der Waals surface area contributed by atoms with Crippen molar-refractivity contribution in [3.63, 3.8) is 0 Å². The van der Waals surface area contributed by atoms with Crippen molar-refractivity contribution in [2.24, 2.45) is 5.16 Å². The Kier molecular flexibility index (Phi) is 8.25. The lowest BCUT2D eigenvalue weighted by atomic mass is 9.81. The van der Waals surface area contributed by atoms with Crippen LogP contribution in [-0.4, -0.2) is 27.2 Å². The van der Waals surface area contributed by atoms with Gasteiger partial charge < -0.3 is 14.5 Å². The molecule has 8 heteroatoms. The summed E-state index contributed by atoms with van der Waals surface area (Å²) in [6, 6.07) is 22.9. The molecule has 1 heterocycles. The van der Waals surface area contributed by atoms with E-state index in [2.05, 4.69) is 5.16 Å². The maximum absolute atomic E-state index is 14.5. The van der Waals surface area contributed by atoms with Crippen LogP contribution in [0.1, 0.15) is 55.8 Å². The quantitative estimate of drug-likeness (QED) is 0.185. The number of benzene rings is 3. The van der Waals surface area contributed by atoms with Crippen LogP contribution in [-0.2, 0) is 11.4 Å². The minimum atomic E-state index is -4.93. The third kappa shape index (κ3) is 6.06. The lowest BCUT2D eigenvalue weighted by molar-refractivity contribution is -0.278. The SMILES string of the molecule is CC(=NOCc1ccccc1)c1cccc(C(C)CC(O)(C(C)n2ccc(=O)c3ccccc32)C(F)(F)F)c1. The number of para-hydroxylation sites is 1. The van der Waals surface area contributed by atoms with Crippen LogP contribution in [0.3, 0.4) is 0 Å². The monoisotopic (exact) mass is 536 g/mol. The van der Waals surface area contributed by atoms with Crippen LogP contribution < -0.4 is 5.43 Å². The molecule has 3 unspecified atom stereocenters. The molecule has 0 aliphatic carbocycles. The molecule has 5 nitrogen and oxygen atoms in total. The topological polar surface area (TPSA) is 63.8 Å².